The van der Waals surface area contributed by atoms with Crippen LogP contribution >= 0.6 is 0 Å². The Morgan fingerprint density at radius 2 is 1.74 bits per heavy atom. The van der Waals surface area contributed by atoms with Crippen LogP contribution in [0.5, 0.6) is 0 Å². The number of nitrogens with one attached hydrogen (secondary N) is 2. The molecule has 0 fully saturated rings. The number of ketones is 1. The number of H-pyrrole nitrogens is 1. The Morgan fingerprint density at radius 1 is 1.07 bits per heavy atom. The Labute approximate surface area is 156 Å². The molecule has 27 heavy (non-hydrogen) atoms. The van der Waals surface area contributed by atoms with E-state index in [9.17, 15) is 18.0 Å². The van der Waals surface area contributed by atoms with Crippen molar-refractivity contribution in [2.45, 2.75) is 17.9 Å². The number of para-hydroxylation sites is 1. The van der Waals surface area contributed by atoms with Crippen LogP contribution in [0.2, 0.25) is 0 Å². The van der Waals surface area contributed by atoms with Gasteiger partial charge in [-0.3, -0.25) is 9.59 Å². The van der Waals surface area contributed by atoms with Gasteiger partial charge in [-0.05, 0) is 25.1 Å². The largest absolute Gasteiger partial charge is 0.453 e. The number of fused-ring (bicyclic) bond motifs is 1. The lowest BCUT2D eigenvalue weighted by Crippen LogP contribution is -2.34. The Bertz CT molecular complexity index is 1070. The van der Waals surface area contributed by atoms with Crippen LogP contribution in [0.1, 0.15) is 17.3 Å². The Kier molecular flexibility index (Phi) is 5.38. The van der Waals surface area contributed by atoms with Gasteiger partial charge in [-0.15, -0.1) is 0 Å². The monoisotopic (exact) mass is 386 g/mol. The van der Waals surface area contributed by atoms with Crippen LogP contribution in [0.4, 0.5) is 0 Å². The number of ether oxygens (including phenoxy) is 1. The SMILES string of the molecule is C[C@@H](OC(=O)CNS(=O)(=O)c1ccccc1)C(=O)c1c[nH]c2ccccc12. The molecule has 0 saturated heterocycles. The van der Waals surface area contributed by atoms with Gasteiger partial charge in [0.2, 0.25) is 15.8 Å². The fourth-order valence-corrected chi connectivity index (χ4v) is 3.61. The van der Waals surface area contributed by atoms with Crippen LogP contribution in [-0.4, -0.2) is 37.8 Å². The first-order valence-corrected chi connectivity index (χ1v) is 9.71. The number of benzene rings is 2. The molecular weight excluding hydrogens is 368 g/mol. The number of rotatable bonds is 7. The van der Waals surface area contributed by atoms with E-state index in [-0.39, 0.29) is 10.7 Å². The van der Waals surface area contributed by atoms with Crippen molar-refractivity contribution in [3.05, 3.63) is 66.4 Å². The van der Waals surface area contributed by atoms with E-state index < -0.39 is 28.6 Å². The van der Waals surface area contributed by atoms with Crippen molar-refractivity contribution < 1.29 is 22.7 Å². The first-order valence-electron chi connectivity index (χ1n) is 8.23. The molecule has 0 bridgehead atoms. The van der Waals surface area contributed by atoms with Gasteiger partial charge < -0.3 is 9.72 Å². The molecule has 0 unspecified atom stereocenters. The fourth-order valence-electron chi connectivity index (χ4n) is 2.62. The van der Waals surface area contributed by atoms with Gasteiger partial charge in [-0.1, -0.05) is 36.4 Å². The number of carbonyl (C=O) groups is 2. The predicted octanol–water partition coefficient (Wildman–Crippen LogP) is 2.26. The molecule has 1 atom stereocenters. The molecule has 2 aromatic carbocycles. The summed E-state index contributed by atoms with van der Waals surface area (Å²) in [6.45, 7) is 0.885. The lowest BCUT2D eigenvalue weighted by molar-refractivity contribution is -0.144. The lowest BCUT2D eigenvalue weighted by Gasteiger charge is -2.12. The molecule has 0 aliphatic carbocycles. The second-order valence-corrected chi connectivity index (χ2v) is 7.65. The normalized spacial score (nSPS) is 12.6. The number of hydrogen-bond donors (Lipinski definition) is 2. The molecule has 140 valence electrons. The molecule has 0 radical (unpaired) electrons. The summed E-state index contributed by atoms with van der Waals surface area (Å²) in [7, 11) is -3.82. The molecule has 7 nitrogen and oxygen atoms in total. The highest BCUT2D eigenvalue weighted by Gasteiger charge is 2.23. The minimum atomic E-state index is -3.82. The second kappa shape index (κ2) is 7.73. The van der Waals surface area contributed by atoms with Crippen molar-refractivity contribution in [2.24, 2.45) is 0 Å². The zero-order valence-corrected chi connectivity index (χ0v) is 15.3. The number of esters is 1. The maximum Gasteiger partial charge on any atom is 0.321 e. The summed E-state index contributed by atoms with van der Waals surface area (Å²) >= 11 is 0. The van der Waals surface area contributed by atoms with Crippen LogP contribution in [0.3, 0.4) is 0 Å². The summed E-state index contributed by atoms with van der Waals surface area (Å²) in [4.78, 5) is 27.5. The molecule has 0 aliphatic heterocycles. The van der Waals surface area contributed by atoms with Crippen LogP contribution in [0, 0.1) is 0 Å². The maximum absolute atomic E-state index is 12.5. The molecule has 0 spiro atoms. The molecule has 8 heteroatoms. The molecular formula is C19H18N2O5S. The number of hydrogen-bond acceptors (Lipinski definition) is 5. The number of sulfonamides is 1. The van der Waals surface area contributed by atoms with Gasteiger partial charge >= 0.3 is 5.97 Å². The quantitative estimate of drug-likeness (QED) is 0.479. The summed E-state index contributed by atoms with van der Waals surface area (Å²) in [5.74, 6) is -1.21. The number of aromatic amines is 1. The van der Waals surface area contributed by atoms with E-state index in [0.29, 0.717) is 5.56 Å². The van der Waals surface area contributed by atoms with Crippen LogP contribution in [-0.2, 0) is 19.6 Å². The third-order valence-corrected chi connectivity index (χ3v) is 5.41. The summed E-state index contributed by atoms with van der Waals surface area (Å²) < 4.78 is 31.4. The maximum atomic E-state index is 12.5. The van der Waals surface area contributed by atoms with Crippen LogP contribution in [0.15, 0.2) is 65.7 Å². The molecule has 2 N–H and O–H groups in total. The topological polar surface area (TPSA) is 105 Å². The van der Waals surface area contributed by atoms with Gasteiger partial charge in [0.05, 0.1) is 4.90 Å². The third-order valence-electron chi connectivity index (χ3n) is 3.99. The highest BCUT2D eigenvalue weighted by molar-refractivity contribution is 7.89. The number of carbonyl (C=O) groups excluding carboxylic acids is 2. The first kappa shape index (κ1) is 18.8. The van der Waals surface area contributed by atoms with Gasteiger partial charge in [0.25, 0.3) is 0 Å². The highest BCUT2D eigenvalue weighted by Crippen LogP contribution is 2.20. The number of aromatic nitrogens is 1. The molecule has 1 aromatic heterocycles. The Hall–Kier alpha value is -2.97. The smallest absolute Gasteiger partial charge is 0.321 e. The van der Waals surface area contributed by atoms with E-state index in [0.717, 1.165) is 10.9 Å². The lowest BCUT2D eigenvalue weighted by atomic mass is 10.1. The van der Waals surface area contributed by atoms with Gasteiger partial charge in [-0.2, -0.15) is 4.72 Å². The van der Waals surface area contributed by atoms with Crippen molar-refractivity contribution in [2.75, 3.05) is 6.54 Å². The van der Waals surface area contributed by atoms with Crippen LogP contribution < -0.4 is 4.72 Å². The van der Waals surface area contributed by atoms with E-state index in [1.807, 2.05) is 18.2 Å². The first-order chi connectivity index (χ1) is 12.9. The van der Waals surface area contributed by atoms with Gasteiger partial charge in [0.1, 0.15) is 6.54 Å². The highest BCUT2D eigenvalue weighted by atomic mass is 32.2. The van der Waals surface area contributed by atoms with E-state index >= 15 is 0 Å². The standard InChI is InChI=1S/C19H18N2O5S/c1-13(19(23)16-11-20-17-10-6-5-9-15(16)17)26-18(22)12-21-27(24,25)14-7-3-2-4-8-14/h2-11,13,20-21H,12H2,1H3/t13-/m1/s1. The molecule has 0 saturated carbocycles. The minimum absolute atomic E-state index is 0.0423. The zero-order valence-electron chi connectivity index (χ0n) is 14.5. The molecule has 1 heterocycles. The summed E-state index contributed by atoms with van der Waals surface area (Å²) in [5, 5.41) is 0.732. The Morgan fingerprint density at radius 3 is 2.48 bits per heavy atom. The summed E-state index contributed by atoms with van der Waals surface area (Å²) in [6.07, 6.45) is 0.521. The molecule has 0 aliphatic rings. The van der Waals surface area contributed by atoms with Crippen molar-refractivity contribution in [1.29, 1.82) is 0 Å². The van der Waals surface area contributed by atoms with E-state index in [1.165, 1.54) is 19.1 Å². The molecule has 3 rings (SSSR count). The number of Topliss-reactive ketones (excluding diaryl/α,β-unsaturated/α-hetero) is 1. The third kappa shape index (κ3) is 4.24. The second-order valence-electron chi connectivity index (χ2n) is 5.88. The van der Waals surface area contributed by atoms with E-state index in [1.54, 1.807) is 30.5 Å². The average molecular weight is 386 g/mol. The zero-order chi connectivity index (χ0) is 19.4. The fraction of sp³-hybridized carbons (Fsp3) is 0.158. The van der Waals surface area contributed by atoms with Crippen molar-refractivity contribution in [1.82, 2.24) is 9.71 Å². The average Bonchev–Trinajstić information content (AvgIpc) is 3.10. The van der Waals surface area contributed by atoms with Gasteiger partial charge in [-0.25, -0.2) is 8.42 Å². The van der Waals surface area contributed by atoms with Crippen molar-refractivity contribution >= 4 is 32.7 Å². The summed E-state index contributed by atoms with van der Waals surface area (Å²) in [5.41, 5.74) is 1.21. The predicted molar refractivity (Wildman–Crippen MR) is 99.8 cm³/mol. The van der Waals surface area contributed by atoms with Crippen molar-refractivity contribution in [3.8, 4) is 0 Å². The van der Waals surface area contributed by atoms with Crippen LogP contribution in [0.25, 0.3) is 10.9 Å². The molecule has 0 amide bonds. The van der Waals surface area contributed by atoms with Gasteiger partial charge in [0.15, 0.2) is 6.10 Å². The molecule has 3 aromatic rings. The summed E-state index contributed by atoms with van der Waals surface area (Å²) in [6, 6.07) is 14.9. The van der Waals surface area contributed by atoms with E-state index in [4.69, 9.17) is 4.74 Å². The minimum Gasteiger partial charge on any atom is -0.453 e. The van der Waals surface area contributed by atoms with E-state index in [2.05, 4.69) is 9.71 Å². The van der Waals surface area contributed by atoms with Gasteiger partial charge in [0, 0.05) is 22.7 Å². The van der Waals surface area contributed by atoms with Crippen molar-refractivity contribution in [3.63, 3.8) is 0 Å². The Balaban J connectivity index is 1.61.